The summed E-state index contributed by atoms with van der Waals surface area (Å²) in [7, 11) is 1.69. The van der Waals surface area contributed by atoms with Gasteiger partial charge in [-0.3, -0.25) is 9.69 Å². The highest BCUT2D eigenvalue weighted by Gasteiger charge is 2.31. The summed E-state index contributed by atoms with van der Waals surface area (Å²) in [6, 6.07) is 13.7. The summed E-state index contributed by atoms with van der Waals surface area (Å²) in [5.41, 5.74) is 1.34. The fourth-order valence-electron chi connectivity index (χ4n) is 5.22. The number of nitrogens with zero attached hydrogens (tertiary/aromatic N) is 4. The minimum absolute atomic E-state index is 0.0723. The van der Waals surface area contributed by atoms with Gasteiger partial charge in [-0.1, -0.05) is 18.2 Å². The van der Waals surface area contributed by atoms with Crippen molar-refractivity contribution in [2.75, 3.05) is 44.7 Å². The topological polar surface area (TPSA) is 108 Å². The van der Waals surface area contributed by atoms with Gasteiger partial charge in [-0.15, -0.1) is 0 Å². The van der Waals surface area contributed by atoms with Crippen molar-refractivity contribution in [2.24, 2.45) is 5.92 Å². The Balaban J connectivity index is 1.21. The third kappa shape index (κ3) is 4.95. The first-order chi connectivity index (χ1) is 17.7. The van der Waals surface area contributed by atoms with Gasteiger partial charge in [0.1, 0.15) is 11.8 Å². The Morgan fingerprint density at radius 2 is 1.97 bits per heavy atom. The molecule has 36 heavy (non-hydrogen) atoms. The molecule has 2 aliphatic heterocycles. The fraction of sp³-hybridized carbons (Fsp3) is 0.444. The Kier molecular flexibility index (Phi) is 7.23. The first-order valence-corrected chi connectivity index (χ1v) is 12.5. The van der Waals surface area contributed by atoms with Crippen LogP contribution in [0.4, 0.5) is 5.88 Å². The van der Waals surface area contributed by atoms with Crippen LogP contribution in [0.25, 0.3) is 11.7 Å². The van der Waals surface area contributed by atoms with E-state index in [4.69, 9.17) is 13.6 Å². The first-order valence-electron chi connectivity index (χ1n) is 12.5. The number of anilines is 1. The van der Waals surface area contributed by atoms with Crippen LogP contribution in [-0.2, 0) is 4.79 Å². The van der Waals surface area contributed by atoms with Gasteiger partial charge in [0.05, 0.1) is 19.4 Å². The van der Waals surface area contributed by atoms with Gasteiger partial charge in [-0.25, -0.2) is 0 Å². The maximum absolute atomic E-state index is 13.1. The van der Waals surface area contributed by atoms with Crippen LogP contribution < -0.4 is 15.0 Å². The van der Waals surface area contributed by atoms with Gasteiger partial charge in [0.2, 0.25) is 17.5 Å². The summed E-state index contributed by atoms with van der Waals surface area (Å²) in [5, 5.41) is 12.8. The Labute approximate surface area is 210 Å². The molecule has 1 amide bonds. The number of nitriles is 1. The van der Waals surface area contributed by atoms with Crippen LogP contribution >= 0.6 is 0 Å². The quantitative estimate of drug-likeness (QED) is 0.506. The molecule has 5 rings (SSSR count). The van der Waals surface area contributed by atoms with Crippen molar-refractivity contribution in [1.82, 2.24) is 15.2 Å². The van der Waals surface area contributed by atoms with E-state index >= 15 is 0 Å². The molecule has 4 heterocycles. The SMILES string of the molecule is COc1ccccc1C(CNC(=O)C1CCN(c2oc(-c3ccco3)nc2C#N)CC1)N1CCCC1. The Morgan fingerprint density at radius 3 is 2.67 bits per heavy atom. The lowest BCUT2D eigenvalue weighted by molar-refractivity contribution is -0.125. The van der Waals surface area contributed by atoms with E-state index in [-0.39, 0.29) is 29.5 Å². The number of piperidine rings is 1. The number of hydrogen-bond donors (Lipinski definition) is 1. The number of likely N-dealkylation sites (tertiary alicyclic amines) is 1. The number of ether oxygens (including phenoxy) is 1. The molecule has 9 nitrogen and oxygen atoms in total. The summed E-state index contributed by atoms with van der Waals surface area (Å²) in [6.45, 7) is 3.82. The van der Waals surface area contributed by atoms with Gasteiger partial charge in [0, 0.05) is 31.1 Å². The molecule has 1 atom stereocenters. The van der Waals surface area contributed by atoms with E-state index in [0.717, 1.165) is 24.4 Å². The van der Waals surface area contributed by atoms with Gasteiger partial charge in [-0.05, 0) is 57.0 Å². The highest BCUT2D eigenvalue weighted by Crippen LogP contribution is 2.33. The Hall–Kier alpha value is -3.77. The third-order valence-corrected chi connectivity index (χ3v) is 7.15. The highest BCUT2D eigenvalue weighted by atomic mass is 16.5. The second-order valence-electron chi connectivity index (χ2n) is 9.27. The molecule has 3 aromatic rings. The van der Waals surface area contributed by atoms with Gasteiger partial charge in [-0.2, -0.15) is 10.2 Å². The number of hydrogen-bond acceptors (Lipinski definition) is 8. The third-order valence-electron chi connectivity index (χ3n) is 7.15. The second kappa shape index (κ2) is 10.9. The van der Waals surface area contributed by atoms with Crippen molar-refractivity contribution in [3.8, 4) is 23.5 Å². The fourth-order valence-corrected chi connectivity index (χ4v) is 5.22. The molecule has 2 aliphatic rings. The number of methoxy groups -OCH3 is 1. The summed E-state index contributed by atoms with van der Waals surface area (Å²) in [4.78, 5) is 21.8. The molecule has 1 N–H and O–H groups in total. The zero-order valence-electron chi connectivity index (χ0n) is 20.5. The first kappa shape index (κ1) is 23.9. The zero-order valence-corrected chi connectivity index (χ0v) is 20.5. The van der Waals surface area contributed by atoms with E-state index in [1.807, 2.05) is 23.1 Å². The van der Waals surface area contributed by atoms with Crippen molar-refractivity contribution in [3.63, 3.8) is 0 Å². The number of oxazole rings is 1. The number of nitrogens with one attached hydrogen (secondary N) is 1. The van der Waals surface area contributed by atoms with E-state index in [9.17, 15) is 10.1 Å². The molecule has 0 spiro atoms. The van der Waals surface area contributed by atoms with Crippen molar-refractivity contribution >= 4 is 11.8 Å². The van der Waals surface area contributed by atoms with Crippen LogP contribution in [-0.4, -0.2) is 55.6 Å². The maximum Gasteiger partial charge on any atom is 0.266 e. The average molecular weight is 490 g/mol. The maximum atomic E-state index is 13.1. The molecule has 2 saturated heterocycles. The van der Waals surface area contributed by atoms with E-state index in [1.54, 1.807) is 19.2 Å². The highest BCUT2D eigenvalue weighted by molar-refractivity contribution is 5.79. The minimum atomic E-state index is -0.0869. The van der Waals surface area contributed by atoms with Crippen molar-refractivity contribution in [3.05, 3.63) is 53.9 Å². The number of furan rings is 1. The predicted octanol–water partition coefficient (Wildman–Crippen LogP) is 3.98. The van der Waals surface area contributed by atoms with E-state index in [0.29, 0.717) is 44.1 Å². The van der Waals surface area contributed by atoms with Crippen LogP contribution in [0, 0.1) is 17.2 Å². The molecule has 0 aliphatic carbocycles. The van der Waals surface area contributed by atoms with Gasteiger partial charge < -0.3 is 23.8 Å². The minimum Gasteiger partial charge on any atom is -0.496 e. The monoisotopic (exact) mass is 489 g/mol. The van der Waals surface area contributed by atoms with Gasteiger partial charge in [0.25, 0.3) is 5.89 Å². The Bertz CT molecular complexity index is 1200. The normalized spacial score (nSPS) is 17.6. The van der Waals surface area contributed by atoms with Crippen LogP contribution in [0.2, 0.25) is 0 Å². The van der Waals surface area contributed by atoms with E-state index in [2.05, 4.69) is 27.3 Å². The van der Waals surface area contributed by atoms with Crippen molar-refractivity contribution in [2.45, 2.75) is 31.7 Å². The summed E-state index contributed by atoms with van der Waals surface area (Å²) >= 11 is 0. The largest absolute Gasteiger partial charge is 0.496 e. The number of aromatic nitrogens is 1. The smallest absolute Gasteiger partial charge is 0.266 e. The lowest BCUT2D eigenvalue weighted by atomic mass is 9.95. The number of carbonyl (C=O) groups excluding carboxylic acids is 1. The molecule has 0 saturated carbocycles. The summed E-state index contributed by atoms with van der Waals surface area (Å²) < 4.78 is 16.8. The van der Waals surface area contributed by atoms with E-state index in [1.165, 1.54) is 19.1 Å². The molecule has 1 unspecified atom stereocenters. The Morgan fingerprint density at radius 1 is 1.19 bits per heavy atom. The van der Waals surface area contributed by atoms with E-state index < -0.39 is 0 Å². The predicted molar refractivity (Wildman–Crippen MR) is 133 cm³/mol. The molecule has 2 aromatic heterocycles. The van der Waals surface area contributed by atoms with Crippen molar-refractivity contribution < 1.29 is 18.4 Å². The molecule has 188 valence electrons. The molecule has 1 aromatic carbocycles. The number of rotatable bonds is 8. The molecule has 0 radical (unpaired) electrons. The molecular weight excluding hydrogens is 458 g/mol. The lowest BCUT2D eigenvalue weighted by Gasteiger charge is -2.32. The molecule has 0 bridgehead atoms. The molecule has 9 heteroatoms. The molecule has 2 fully saturated rings. The number of para-hydroxylation sites is 1. The van der Waals surface area contributed by atoms with Crippen LogP contribution in [0.3, 0.4) is 0 Å². The van der Waals surface area contributed by atoms with Crippen molar-refractivity contribution in [1.29, 1.82) is 5.26 Å². The van der Waals surface area contributed by atoms with Gasteiger partial charge >= 0.3 is 0 Å². The average Bonchev–Trinajstić information content (AvgIpc) is 3.71. The lowest BCUT2D eigenvalue weighted by Crippen LogP contribution is -2.43. The number of carbonyl (C=O) groups is 1. The van der Waals surface area contributed by atoms with Gasteiger partial charge in [0.15, 0.2) is 5.76 Å². The van der Waals surface area contributed by atoms with Crippen LogP contribution in [0.5, 0.6) is 5.75 Å². The summed E-state index contributed by atoms with van der Waals surface area (Å²) in [6.07, 6.45) is 5.24. The molecular formula is C27H31N5O4. The summed E-state index contributed by atoms with van der Waals surface area (Å²) in [5.74, 6) is 2.05. The second-order valence-corrected chi connectivity index (χ2v) is 9.27. The number of amides is 1. The zero-order chi connectivity index (χ0) is 24.9. The van der Waals surface area contributed by atoms with Crippen LogP contribution in [0.1, 0.15) is 43.0 Å². The number of benzene rings is 1. The standard InChI is InChI=1S/C27H31N5O4/c1-34-23-8-3-2-7-20(23)22(31-12-4-5-13-31)18-29-25(33)19-10-14-32(15-11-19)27-21(17-28)30-26(36-27)24-9-6-16-35-24/h2-3,6-9,16,19,22H,4-5,10-15,18H2,1H3,(H,29,33). The van der Waals surface area contributed by atoms with Crippen LogP contribution in [0.15, 0.2) is 51.5 Å².